The zero-order valence-corrected chi connectivity index (χ0v) is 13.1. The summed E-state index contributed by atoms with van der Waals surface area (Å²) in [6.07, 6.45) is -4.68. The number of nitrogens with two attached hydrogens (primary N) is 1. The average molecular weight is 359 g/mol. The fraction of sp³-hybridized carbons (Fsp3) is 0.308. The second-order valence-corrected chi connectivity index (χ2v) is 6.07. The number of hydrogen-bond acceptors (Lipinski definition) is 6. The molecule has 1 aliphatic heterocycles. The Morgan fingerprint density at radius 1 is 1.33 bits per heavy atom. The number of amides is 1. The normalized spacial score (nSPS) is 20.2. The van der Waals surface area contributed by atoms with E-state index < -0.39 is 29.2 Å². The number of thioether (sulfide) groups is 1. The summed E-state index contributed by atoms with van der Waals surface area (Å²) in [5.41, 5.74) is 8.63. The molecule has 3 N–H and O–H groups in total. The first-order chi connectivity index (χ1) is 11.3. The number of hydrogen-bond donors (Lipinski definition) is 2. The Labute approximate surface area is 138 Å². The summed E-state index contributed by atoms with van der Waals surface area (Å²) in [4.78, 5) is 11.7. The van der Waals surface area contributed by atoms with Crippen molar-refractivity contribution in [2.24, 2.45) is 5.73 Å². The van der Waals surface area contributed by atoms with Crippen LogP contribution < -0.4 is 15.9 Å². The summed E-state index contributed by atoms with van der Waals surface area (Å²) >= 11 is 0.836. The number of primary amides is 1. The molecule has 24 heavy (non-hydrogen) atoms. The molecule has 11 heteroatoms. The van der Waals surface area contributed by atoms with Crippen LogP contribution in [0.4, 0.5) is 13.2 Å². The van der Waals surface area contributed by atoms with Gasteiger partial charge in [0.25, 0.3) is 5.82 Å². The van der Waals surface area contributed by atoms with Crippen molar-refractivity contribution in [2.45, 2.75) is 22.6 Å². The molecule has 1 aromatic carbocycles. The van der Waals surface area contributed by atoms with Gasteiger partial charge in [0.2, 0.25) is 11.1 Å². The molecule has 0 saturated heterocycles. The Morgan fingerprint density at radius 2 is 2.00 bits per heavy atom. The smallest absolute Gasteiger partial charge is 0.453 e. The highest BCUT2D eigenvalue weighted by atomic mass is 32.2. The van der Waals surface area contributed by atoms with Crippen LogP contribution in [0.1, 0.15) is 17.4 Å². The number of halogens is 3. The van der Waals surface area contributed by atoms with Gasteiger partial charge in [-0.2, -0.15) is 13.2 Å². The first-order valence-corrected chi connectivity index (χ1v) is 7.58. The van der Waals surface area contributed by atoms with Crippen LogP contribution in [-0.2, 0) is 11.0 Å². The number of carbonyl (C=O) groups excluding carboxylic acids is 1. The summed E-state index contributed by atoms with van der Waals surface area (Å²) in [5, 5.41) is 5.72. The monoisotopic (exact) mass is 359 g/mol. The standard InChI is InChI=1S/C13H12F3N5O2S/c1-23-7-4-2-6(3-5-7)8-9(10(17)22)24-12-19-18-11(13(14,15)16)21(12)20-8/h2-5,8-9,20H,1H3,(H2,17,22). The number of fused-ring (bicyclic) bond motifs is 1. The van der Waals surface area contributed by atoms with Crippen LogP contribution in [0.25, 0.3) is 0 Å². The maximum Gasteiger partial charge on any atom is 0.453 e. The summed E-state index contributed by atoms with van der Waals surface area (Å²) in [5.74, 6) is -1.28. The Hall–Kier alpha value is -2.43. The van der Waals surface area contributed by atoms with Crippen LogP contribution in [0, 0.1) is 0 Å². The Morgan fingerprint density at radius 3 is 2.54 bits per heavy atom. The Bertz CT molecular complexity index is 762. The van der Waals surface area contributed by atoms with Crippen molar-refractivity contribution in [1.29, 1.82) is 0 Å². The molecule has 2 atom stereocenters. The molecule has 1 aliphatic rings. The van der Waals surface area contributed by atoms with Crippen LogP contribution in [0.15, 0.2) is 29.4 Å². The van der Waals surface area contributed by atoms with Crippen LogP contribution in [0.2, 0.25) is 0 Å². The van der Waals surface area contributed by atoms with Crippen molar-refractivity contribution in [3.8, 4) is 5.75 Å². The van der Waals surface area contributed by atoms with Crippen molar-refractivity contribution in [2.75, 3.05) is 12.5 Å². The maximum absolute atomic E-state index is 13.0. The van der Waals surface area contributed by atoms with E-state index in [-0.39, 0.29) is 5.16 Å². The molecule has 0 fully saturated rings. The van der Waals surface area contributed by atoms with Crippen molar-refractivity contribution in [3.05, 3.63) is 35.7 Å². The molecule has 1 aromatic heterocycles. The van der Waals surface area contributed by atoms with Gasteiger partial charge in [-0.05, 0) is 17.7 Å². The fourth-order valence-electron chi connectivity index (χ4n) is 2.32. The Kier molecular flexibility index (Phi) is 4.03. The number of carbonyl (C=O) groups is 1. The van der Waals surface area contributed by atoms with Gasteiger partial charge in [0.1, 0.15) is 11.0 Å². The number of ether oxygens (including phenoxy) is 1. The molecule has 7 nitrogen and oxygen atoms in total. The second-order valence-electron chi connectivity index (χ2n) is 4.96. The van der Waals surface area contributed by atoms with Gasteiger partial charge >= 0.3 is 6.18 Å². The SMILES string of the molecule is COc1ccc(C2Nn3c(nnc3C(F)(F)F)SC2C(N)=O)cc1. The molecule has 0 aliphatic carbocycles. The number of benzene rings is 1. The molecule has 2 heterocycles. The first kappa shape index (κ1) is 16.4. The molecule has 3 rings (SSSR count). The van der Waals surface area contributed by atoms with Crippen LogP contribution in [-0.4, -0.2) is 33.1 Å². The van der Waals surface area contributed by atoms with Crippen LogP contribution in [0.5, 0.6) is 5.75 Å². The number of nitrogens with zero attached hydrogens (tertiary/aromatic N) is 3. The topological polar surface area (TPSA) is 95.1 Å². The van der Waals surface area contributed by atoms with Crippen molar-refractivity contribution in [3.63, 3.8) is 0 Å². The largest absolute Gasteiger partial charge is 0.497 e. The van der Waals surface area contributed by atoms with E-state index in [0.717, 1.165) is 16.4 Å². The van der Waals surface area contributed by atoms with Gasteiger partial charge in [-0.3, -0.25) is 4.79 Å². The number of nitrogens with one attached hydrogen (secondary N) is 1. The molecular formula is C13H12F3N5O2S. The molecule has 1 amide bonds. The van der Waals surface area contributed by atoms with Crippen molar-refractivity contribution < 1.29 is 22.7 Å². The fourth-order valence-corrected chi connectivity index (χ4v) is 3.35. The van der Waals surface area contributed by atoms with E-state index in [1.165, 1.54) is 7.11 Å². The lowest BCUT2D eigenvalue weighted by molar-refractivity contribution is -0.147. The minimum atomic E-state index is -4.68. The van der Waals surface area contributed by atoms with E-state index in [1.54, 1.807) is 24.3 Å². The van der Waals surface area contributed by atoms with Gasteiger partial charge in [0.15, 0.2) is 0 Å². The lowest BCUT2D eigenvalue weighted by Gasteiger charge is -2.32. The van der Waals surface area contributed by atoms with E-state index >= 15 is 0 Å². The highest BCUT2D eigenvalue weighted by molar-refractivity contribution is 8.00. The van der Waals surface area contributed by atoms with E-state index in [1.807, 2.05) is 0 Å². The summed E-state index contributed by atoms with van der Waals surface area (Å²) < 4.78 is 44.8. The third kappa shape index (κ3) is 2.86. The zero-order chi connectivity index (χ0) is 17.5. The van der Waals surface area contributed by atoms with Gasteiger partial charge in [-0.25, -0.2) is 4.68 Å². The first-order valence-electron chi connectivity index (χ1n) is 6.70. The molecule has 0 bridgehead atoms. The quantitative estimate of drug-likeness (QED) is 0.863. The third-order valence-electron chi connectivity index (χ3n) is 3.45. The molecule has 128 valence electrons. The average Bonchev–Trinajstić information content (AvgIpc) is 2.96. The van der Waals surface area contributed by atoms with Gasteiger partial charge in [0.05, 0.1) is 13.2 Å². The van der Waals surface area contributed by atoms with Crippen LogP contribution in [0.3, 0.4) is 0 Å². The molecule has 0 radical (unpaired) electrons. The van der Waals surface area contributed by atoms with Gasteiger partial charge in [-0.1, -0.05) is 23.9 Å². The summed E-state index contributed by atoms with van der Waals surface area (Å²) in [6, 6.07) is 5.81. The van der Waals surface area contributed by atoms with E-state index in [9.17, 15) is 18.0 Å². The molecule has 0 saturated carbocycles. The molecule has 2 unspecified atom stereocenters. The lowest BCUT2D eigenvalue weighted by Crippen LogP contribution is -2.42. The Balaban J connectivity index is 2.01. The maximum atomic E-state index is 13.0. The molecular weight excluding hydrogens is 347 g/mol. The van der Waals surface area contributed by atoms with E-state index in [4.69, 9.17) is 10.5 Å². The van der Waals surface area contributed by atoms with E-state index in [0.29, 0.717) is 11.3 Å². The lowest BCUT2D eigenvalue weighted by atomic mass is 10.0. The predicted molar refractivity (Wildman–Crippen MR) is 79.0 cm³/mol. The van der Waals surface area contributed by atoms with Gasteiger partial charge in [0, 0.05) is 0 Å². The number of aromatic nitrogens is 3. The highest BCUT2D eigenvalue weighted by Crippen LogP contribution is 2.39. The minimum absolute atomic E-state index is 0.0733. The summed E-state index contributed by atoms with van der Waals surface area (Å²) in [7, 11) is 1.50. The third-order valence-corrected chi connectivity index (χ3v) is 4.68. The van der Waals surface area contributed by atoms with Crippen molar-refractivity contribution >= 4 is 17.7 Å². The number of methoxy groups -OCH3 is 1. The summed E-state index contributed by atoms with van der Waals surface area (Å²) in [6.45, 7) is 0. The number of alkyl halides is 3. The molecule has 2 aromatic rings. The zero-order valence-electron chi connectivity index (χ0n) is 12.2. The molecule has 0 spiro atoms. The highest BCUT2D eigenvalue weighted by Gasteiger charge is 2.43. The van der Waals surface area contributed by atoms with Gasteiger partial charge < -0.3 is 15.9 Å². The number of rotatable bonds is 3. The minimum Gasteiger partial charge on any atom is -0.497 e. The second kappa shape index (κ2) is 5.89. The van der Waals surface area contributed by atoms with Crippen LogP contribution >= 0.6 is 11.8 Å². The predicted octanol–water partition coefficient (Wildman–Crippen LogP) is 1.55. The van der Waals surface area contributed by atoms with E-state index in [2.05, 4.69) is 15.6 Å². The van der Waals surface area contributed by atoms with Gasteiger partial charge in [-0.15, -0.1) is 10.2 Å². The van der Waals surface area contributed by atoms with Crippen molar-refractivity contribution in [1.82, 2.24) is 14.9 Å².